The van der Waals surface area contributed by atoms with Crippen molar-refractivity contribution in [2.24, 2.45) is 10.3 Å². The minimum Gasteiger partial charge on any atom is -0.493 e. The van der Waals surface area contributed by atoms with Gasteiger partial charge in [0, 0.05) is 57.1 Å². The van der Waals surface area contributed by atoms with Gasteiger partial charge in [-0.2, -0.15) is 0 Å². The molecule has 0 aliphatic carbocycles. The van der Waals surface area contributed by atoms with Gasteiger partial charge < -0.3 is 124 Å². The zero-order valence-corrected chi connectivity index (χ0v) is 61.7. The Labute approximate surface area is 640 Å². The lowest BCUT2D eigenvalue weighted by atomic mass is 9.99. The van der Waals surface area contributed by atoms with Gasteiger partial charge in [-0.05, 0) is 93.5 Å². The van der Waals surface area contributed by atoms with E-state index in [1.165, 1.54) is 91.8 Å². The van der Waals surface area contributed by atoms with E-state index >= 15 is 0 Å². The number of aliphatic hydroxyl groups excluding tert-OH is 8. The average molecular weight is 1570 g/mol. The number of carbonyl (C=O) groups excluding carboxylic acids is 6. The van der Waals surface area contributed by atoms with Crippen molar-refractivity contribution in [1.29, 1.82) is 0 Å². The Bertz CT molecular complexity index is 4300. The number of ether oxygens (including phenoxy) is 11. The number of anilines is 2. The topological polar surface area (TPSA) is 502 Å². The van der Waals surface area contributed by atoms with Crippen molar-refractivity contribution >= 4 is 59.1 Å². The number of fused-ring (bicyclic) bond motifs is 4. The number of amides is 6. The SMILES string of the molecule is C=C1C[C@H]2C(O)N(C(=O)OCc3ccc(O[C@@H]4O[C@H](C(=O)O)[C@@H](O)[C@H](O)[C@H]4O)c(C(=O)NCCC[N+]4(C(C)C)C=CN=N4)c3)c3cc(OCCCCCOc4cc5c(cc4OC)C(=O)N4CC(=C)C[C@H]4C(O)N5C(=O)OCc4ccc(O[C@@H]5O[C@H](C(=O)O)[C@@H](O)[C@H](O)[C@H]5O)c(C(=O)NCCOC)c4)c(OC)cc3C(=O)N2C1. The maximum Gasteiger partial charge on any atom is 0.416 e. The minimum atomic E-state index is -2.04. The van der Waals surface area contributed by atoms with Crippen LogP contribution in [0.4, 0.5) is 21.0 Å². The first-order valence-corrected chi connectivity index (χ1v) is 35.9. The summed E-state index contributed by atoms with van der Waals surface area (Å²) in [4.78, 5) is 114. The highest BCUT2D eigenvalue weighted by atomic mass is 16.7. The lowest BCUT2D eigenvalue weighted by molar-refractivity contribution is -0.908. The summed E-state index contributed by atoms with van der Waals surface area (Å²) in [5.74, 6) is -6.26. The normalized spacial score (nSPS) is 26.5. The molecular weight excluding hydrogens is 1480 g/mol. The first-order chi connectivity index (χ1) is 53.5. The number of aliphatic carboxylic acids is 2. The van der Waals surface area contributed by atoms with Crippen LogP contribution in [0.3, 0.4) is 0 Å². The van der Waals surface area contributed by atoms with Gasteiger partial charge in [-0.15, -0.1) is 9.71 Å². The second-order valence-corrected chi connectivity index (χ2v) is 27.8. The molecule has 11 rings (SSSR count). The van der Waals surface area contributed by atoms with Crippen molar-refractivity contribution in [3.05, 3.63) is 131 Å². The van der Waals surface area contributed by atoms with Crippen LogP contribution in [0.1, 0.15) is 105 Å². The van der Waals surface area contributed by atoms with Crippen LogP contribution in [0, 0.1) is 0 Å². The third kappa shape index (κ3) is 17.4. The molecule has 4 aromatic rings. The van der Waals surface area contributed by atoms with Gasteiger partial charge in [-0.25, -0.2) is 29.0 Å². The lowest BCUT2D eigenvalue weighted by Crippen LogP contribution is -2.61. The molecule has 0 bridgehead atoms. The smallest absolute Gasteiger partial charge is 0.416 e. The molecular formula is C74H90N9O29+. The third-order valence-corrected chi connectivity index (χ3v) is 20.1. The van der Waals surface area contributed by atoms with E-state index in [-0.39, 0.29) is 149 Å². The first-order valence-electron chi connectivity index (χ1n) is 35.9. The van der Waals surface area contributed by atoms with Gasteiger partial charge in [0.15, 0.2) is 47.7 Å². The van der Waals surface area contributed by atoms with Gasteiger partial charge in [-0.1, -0.05) is 36.4 Å². The highest BCUT2D eigenvalue weighted by Crippen LogP contribution is 2.45. The number of quaternary nitrogens is 1. The summed E-state index contributed by atoms with van der Waals surface area (Å²) in [6, 6.07) is 11.3. The lowest BCUT2D eigenvalue weighted by Gasteiger charge is -2.38. The van der Waals surface area contributed by atoms with Crippen molar-refractivity contribution in [3.63, 3.8) is 0 Å². The van der Waals surface area contributed by atoms with Crippen LogP contribution in [0.2, 0.25) is 0 Å². The fourth-order valence-electron chi connectivity index (χ4n) is 13.9. The number of hydrogen-bond donors (Lipinski definition) is 12. The van der Waals surface area contributed by atoms with Gasteiger partial charge in [0.2, 0.25) is 12.6 Å². The van der Waals surface area contributed by atoms with Crippen LogP contribution in [0.5, 0.6) is 34.5 Å². The van der Waals surface area contributed by atoms with E-state index in [0.717, 1.165) is 9.80 Å². The van der Waals surface area contributed by atoms with Crippen molar-refractivity contribution in [2.45, 2.75) is 158 Å². The largest absolute Gasteiger partial charge is 0.493 e. The van der Waals surface area contributed by atoms with E-state index in [0.29, 0.717) is 43.4 Å². The number of benzene rings is 4. The summed E-state index contributed by atoms with van der Waals surface area (Å²) in [5.41, 5.74) is 0.696. The number of nitrogens with one attached hydrogen (secondary N) is 2. The molecule has 4 aromatic carbocycles. The number of rotatable bonds is 30. The second-order valence-electron chi connectivity index (χ2n) is 27.8. The molecule has 38 heteroatoms. The minimum absolute atomic E-state index is 0.00241. The molecule has 604 valence electrons. The Hall–Kier alpha value is -10.6. The Morgan fingerprint density at radius 3 is 1.41 bits per heavy atom. The van der Waals surface area contributed by atoms with Gasteiger partial charge >= 0.3 is 24.1 Å². The van der Waals surface area contributed by atoms with Crippen LogP contribution < -0.4 is 48.9 Å². The zero-order chi connectivity index (χ0) is 80.7. The fraction of sp³-hybridized carbons (Fsp3) is 0.486. The maximum absolute atomic E-state index is 14.7. The molecule has 7 heterocycles. The van der Waals surface area contributed by atoms with E-state index in [1.807, 2.05) is 20.0 Å². The molecule has 0 saturated carbocycles. The number of aliphatic hydroxyl groups is 8. The fourth-order valence-corrected chi connectivity index (χ4v) is 13.9. The molecule has 4 fully saturated rings. The molecule has 3 unspecified atom stereocenters. The van der Waals surface area contributed by atoms with E-state index in [4.69, 9.17) is 52.1 Å². The molecule has 38 nitrogen and oxygen atoms in total. The Morgan fingerprint density at radius 2 is 1.01 bits per heavy atom. The second kappa shape index (κ2) is 35.4. The summed E-state index contributed by atoms with van der Waals surface area (Å²) in [6.07, 6.45) is -20.5. The van der Waals surface area contributed by atoms with Crippen molar-refractivity contribution in [2.75, 3.05) is 83.7 Å². The summed E-state index contributed by atoms with van der Waals surface area (Å²) in [7, 11) is 4.09. The van der Waals surface area contributed by atoms with Crippen LogP contribution in [0.25, 0.3) is 0 Å². The zero-order valence-electron chi connectivity index (χ0n) is 61.7. The monoisotopic (exact) mass is 1570 g/mol. The summed E-state index contributed by atoms with van der Waals surface area (Å²) in [5, 5.41) is 121. The number of unbranched alkanes of at least 4 members (excludes halogenated alkanes) is 2. The van der Waals surface area contributed by atoms with Crippen LogP contribution >= 0.6 is 0 Å². The van der Waals surface area contributed by atoms with E-state index in [1.54, 1.807) is 6.20 Å². The molecule has 6 amide bonds. The highest BCUT2D eigenvalue weighted by molar-refractivity contribution is 6.07. The molecule has 112 heavy (non-hydrogen) atoms. The van der Waals surface area contributed by atoms with E-state index in [2.05, 4.69) is 34.1 Å². The molecule has 7 aliphatic heterocycles. The van der Waals surface area contributed by atoms with Crippen molar-refractivity contribution < 1.29 is 146 Å². The van der Waals surface area contributed by atoms with Crippen LogP contribution in [-0.4, -0.2) is 279 Å². The predicted molar refractivity (Wildman–Crippen MR) is 384 cm³/mol. The first kappa shape index (κ1) is 82.3. The molecule has 0 aromatic heterocycles. The number of hydrogen-bond acceptors (Lipinski definition) is 29. The number of carbonyl (C=O) groups is 8. The third-order valence-electron chi connectivity index (χ3n) is 20.1. The average Bonchev–Trinajstić information content (AvgIpc) is 1.60. The molecule has 12 N–H and O–H groups in total. The highest BCUT2D eigenvalue weighted by Gasteiger charge is 2.52. The molecule has 4 saturated heterocycles. The Balaban J connectivity index is 0.771. The van der Waals surface area contributed by atoms with E-state index in [9.17, 15) is 89.4 Å². The van der Waals surface area contributed by atoms with E-state index < -0.39 is 147 Å². The van der Waals surface area contributed by atoms with Gasteiger partial charge in [0.05, 0.1) is 79.8 Å². The molecule has 0 radical (unpaired) electrons. The molecule has 7 aliphatic rings. The quantitative estimate of drug-likeness (QED) is 0.0202. The predicted octanol–water partition coefficient (Wildman–Crippen LogP) is 1.94. The summed E-state index contributed by atoms with van der Waals surface area (Å²) in [6.45, 7) is 11.6. The number of methoxy groups -OCH3 is 3. The van der Waals surface area contributed by atoms with Crippen LogP contribution in [-0.2, 0) is 46.5 Å². The number of carboxylic acid groups (broad SMARTS) is 2. The maximum atomic E-state index is 14.7. The molecule has 0 spiro atoms. The standard InChI is InChI=1S/C74H89N9O29/c1-36(2)83(20-17-77-78-83)19-11-16-75-63(90)43-26-39(12-14-49(43)109-71-59(88)55(84)57(86)61(111-71)69(96)97)34-107-73(100)81-45-30-53(51(103-6)28-41(45)65(92)79-32-37(3)24-47(79)67(81)94)105-21-9-8-10-22-106-54-31-46-42(29-52(54)104-7)66(93)80-33-38(4)25-48(80)68(95)82(46)74(101)108-35-40-13-15-50(44(27-40)64(91)76-18-23-102-5)110-72-60(89)56(85)58(87)62(112-72)70(98)99/h12-15,17,20,26-31,36,47-48,55-62,67-68,71-72,84-89,94-95H,3-4,8-11,16,18-19,21-25,32-35H2,1-2,5-7H3,(H3-,75,76,90,91,96,97,98,99)/p+1/t47-,48-,55-,56-,57-,58-,59+,60+,61-,62-,67?,68?,71+,72+,83?/m0/s1. The van der Waals surface area contributed by atoms with Gasteiger partial charge in [-0.3, -0.25) is 19.2 Å². The molecule has 15 atom stereocenters. The summed E-state index contributed by atoms with van der Waals surface area (Å²) >= 11 is 0. The number of carboxylic acids is 2. The van der Waals surface area contributed by atoms with Crippen molar-refractivity contribution in [3.8, 4) is 34.5 Å². The Morgan fingerprint density at radius 1 is 0.562 bits per heavy atom. The van der Waals surface area contributed by atoms with Crippen LogP contribution in [0.15, 0.2) is 108 Å². The van der Waals surface area contributed by atoms with Gasteiger partial charge in [0.25, 0.3) is 23.6 Å². The summed E-state index contributed by atoms with van der Waals surface area (Å²) < 4.78 is 63.2. The van der Waals surface area contributed by atoms with Gasteiger partial charge in [0.1, 0.15) is 86.3 Å². The van der Waals surface area contributed by atoms with Crippen molar-refractivity contribution in [1.82, 2.24) is 20.4 Å². The number of nitrogens with zero attached hydrogens (tertiary/aromatic N) is 7. The Kier molecular flexibility index (Phi) is 26.0.